The number of hydrogen-bond donors (Lipinski definition) is 1. The van der Waals surface area contributed by atoms with Crippen LogP contribution in [-0.4, -0.2) is 16.7 Å². The summed E-state index contributed by atoms with van der Waals surface area (Å²) in [6.07, 6.45) is 1.02. The van der Waals surface area contributed by atoms with Gasteiger partial charge in [0.1, 0.15) is 5.82 Å². The molecular weight excluding hydrogens is 321 g/mol. The Bertz CT molecular complexity index is 629. The summed E-state index contributed by atoms with van der Waals surface area (Å²) in [5.41, 5.74) is 3.00. The van der Waals surface area contributed by atoms with Crippen molar-refractivity contribution in [3.63, 3.8) is 0 Å². The molecule has 0 amide bonds. The minimum atomic E-state index is -0.307. The van der Waals surface area contributed by atoms with Crippen LogP contribution < -0.4 is 5.32 Å². The maximum Gasteiger partial charge on any atom is 0.151 e. The molecule has 0 spiro atoms. The first-order valence-electron chi connectivity index (χ1n) is 6.58. The van der Waals surface area contributed by atoms with Crippen molar-refractivity contribution in [1.29, 1.82) is 0 Å². The Kier molecular flexibility index (Phi) is 4.70. The van der Waals surface area contributed by atoms with Crippen LogP contribution in [-0.2, 0) is 0 Å². The Hall–Kier alpha value is -1.49. The van der Waals surface area contributed by atoms with Crippen LogP contribution in [0.1, 0.15) is 24.5 Å². The third-order valence-electron chi connectivity index (χ3n) is 3.27. The van der Waals surface area contributed by atoms with E-state index in [1.807, 2.05) is 13.8 Å². The van der Waals surface area contributed by atoms with Crippen molar-refractivity contribution in [3.05, 3.63) is 39.6 Å². The van der Waals surface area contributed by atoms with E-state index in [9.17, 15) is 4.39 Å². The zero-order valence-electron chi connectivity index (χ0n) is 11.8. The molecule has 1 aromatic carbocycles. The van der Waals surface area contributed by atoms with Crippen LogP contribution in [0, 0.1) is 19.7 Å². The second-order valence-electron chi connectivity index (χ2n) is 4.68. The quantitative estimate of drug-likeness (QED) is 0.893. The first-order chi connectivity index (χ1) is 9.56. The molecule has 0 unspecified atom stereocenters. The third kappa shape index (κ3) is 2.82. The summed E-state index contributed by atoms with van der Waals surface area (Å²) in [4.78, 5) is 0. The van der Waals surface area contributed by atoms with Crippen molar-refractivity contribution < 1.29 is 4.39 Å². The number of rotatable bonds is 4. The Morgan fingerprint density at radius 3 is 2.65 bits per heavy atom. The molecule has 1 heterocycles. The molecule has 0 saturated heterocycles. The number of hydrogen-bond acceptors (Lipinski definition) is 3. The van der Waals surface area contributed by atoms with Crippen molar-refractivity contribution in [2.24, 2.45) is 0 Å². The van der Waals surface area contributed by atoms with E-state index in [0.29, 0.717) is 15.7 Å². The molecule has 0 saturated carbocycles. The predicted octanol–water partition coefficient (Wildman–Crippen LogP) is 4.48. The van der Waals surface area contributed by atoms with Gasteiger partial charge in [0.25, 0.3) is 0 Å². The molecule has 20 heavy (non-hydrogen) atoms. The lowest BCUT2D eigenvalue weighted by Gasteiger charge is -2.13. The van der Waals surface area contributed by atoms with Crippen LogP contribution in [0.25, 0.3) is 11.3 Å². The lowest BCUT2D eigenvalue weighted by molar-refractivity contribution is 0.623. The molecule has 0 radical (unpaired) electrons. The molecule has 106 valence electrons. The van der Waals surface area contributed by atoms with Gasteiger partial charge in [-0.15, -0.1) is 10.2 Å². The third-order valence-corrected chi connectivity index (χ3v) is 3.88. The van der Waals surface area contributed by atoms with Gasteiger partial charge in [-0.3, -0.25) is 0 Å². The molecule has 0 aliphatic rings. The maximum absolute atomic E-state index is 14.2. The minimum absolute atomic E-state index is 0.307. The number of nitrogens with zero attached hydrogens (tertiary/aromatic N) is 2. The number of halogens is 2. The van der Waals surface area contributed by atoms with Crippen LogP contribution in [0.5, 0.6) is 0 Å². The molecular formula is C15H17BrFN3. The highest BCUT2D eigenvalue weighted by Gasteiger charge is 2.15. The minimum Gasteiger partial charge on any atom is -0.368 e. The van der Waals surface area contributed by atoms with Gasteiger partial charge in [-0.2, -0.15) is 0 Å². The van der Waals surface area contributed by atoms with Crippen LogP contribution in [0.2, 0.25) is 0 Å². The highest BCUT2D eigenvalue weighted by atomic mass is 79.9. The average Bonchev–Trinajstić information content (AvgIpc) is 2.44. The van der Waals surface area contributed by atoms with Gasteiger partial charge >= 0.3 is 0 Å². The smallest absolute Gasteiger partial charge is 0.151 e. The van der Waals surface area contributed by atoms with E-state index in [1.165, 1.54) is 0 Å². The number of anilines is 1. The molecule has 0 fully saturated rings. The fraction of sp³-hybridized carbons (Fsp3) is 0.333. The summed E-state index contributed by atoms with van der Waals surface area (Å²) in [5, 5.41) is 11.6. The van der Waals surface area contributed by atoms with Crippen LogP contribution in [0.4, 0.5) is 10.2 Å². The second kappa shape index (κ2) is 6.31. The van der Waals surface area contributed by atoms with Gasteiger partial charge in [-0.1, -0.05) is 13.0 Å². The average molecular weight is 338 g/mol. The molecule has 0 bridgehead atoms. The van der Waals surface area contributed by atoms with Crippen molar-refractivity contribution in [3.8, 4) is 11.3 Å². The normalized spacial score (nSPS) is 10.7. The van der Waals surface area contributed by atoms with Crippen molar-refractivity contribution in [1.82, 2.24) is 10.2 Å². The van der Waals surface area contributed by atoms with Crippen LogP contribution in [0.3, 0.4) is 0 Å². The summed E-state index contributed by atoms with van der Waals surface area (Å²) < 4.78 is 14.6. The maximum atomic E-state index is 14.2. The highest BCUT2D eigenvalue weighted by Crippen LogP contribution is 2.30. The van der Waals surface area contributed by atoms with Gasteiger partial charge < -0.3 is 5.32 Å². The van der Waals surface area contributed by atoms with Gasteiger partial charge in [0.2, 0.25) is 0 Å². The van der Waals surface area contributed by atoms with E-state index < -0.39 is 0 Å². The Balaban J connectivity index is 2.48. The van der Waals surface area contributed by atoms with Gasteiger partial charge in [0.15, 0.2) is 5.82 Å². The summed E-state index contributed by atoms with van der Waals surface area (Å²) in [6.45, 7) is 6.85. The Labute approximate surface area is 126 Å². The Morgan fingerprint density at radius 2 is 1.95 bits per heavy atom. The molecule has 2 aromatic rings. The molecule has 3 nitrogen and oxygen atoms in total. The van der Waals surface area contributed by atoms with E-state index >= 15 is 0 Å². The van der Waals surface area contributed by atoms with E-state index in [-0.39, 0.29) is 5.82 Å². The van der Waals surface area contributed by atoms with E-state index in [4.69, 9.17) is 0 Å². The fourth-order valence-corrected chi connectivity index (χ4v) is 2.33. The largest absolute Gasteiger partial charge is 0.368 e. The molecule has 0 atom stereocenters. The lowest BCUT2D eigenvalue weighted by atomic mass is 10.0. The van der Waals surface area contributed by atoms with Gasteiger partial charge in [-0.25, -0.2) is 4.39 Å². The summed E-state index contributed by atoms with van der Waals surface area (Å²) in [7, 11) is 0. The van der Waals surface area contributed by atoms with Crippen LogP contribution in [0.15, 0.2) is 22.7 Å². The van der Waals surface area contributed by atoms with Crippen molar-refractivity contribution >= 4 is 21.7 Å². The number of benzene rings is 1. The van der Waals surface area contributed by atoms with Gasteiger partial charge in [0, 0.05) is 12.1 Å². The van der Waals surface area contributed by atoms with E-state index in [0.717, 1.165) is 29.9 Å². The number of nitrogens with one attached hydrogen (secondary N) is 1. The second-order valence-corrected chi connectivity index (χ2v) is 5.53. The number of aromatic nitrogens is 2. The van der Waals surface area contributed by atoms with Crippen molar-refractivity contribution in [2.45, 2.75) is 27.2 Å². The zero-order valence-corrected chi connectivity index (χ0v) is 13.4. The summed E-state index contributed by atoms with van der Waals surface area (Å²) in [6, 6.07) is 5.18. The van der Waals surface area contributed by atoms with Gasteiger partial charge in [-0.05, 0) is 59.5 Å². The monoisotopic (exact) mass is 337 g/mol. The van der Waals surface area contributed by atoms with E-state index in [2.05, 4.69) is 38.4 Å². The SMILES string of the molecule is CCCNc1nnc(-c2cccc(Br)c2F)c(C)c1C. The Morgan fingerprint density at radius 1 is 1.20 bits per heavy atom. The first kappa shape index (κ1) is 14.9. The first-order valence-corrected chi connectivity index (χ1v) is 7.37. The molecule has 1 N–H and O–H groups in total. The summed E-state index contributed by atoms with van der Waals surface area (Å²) >= 11 is 3.20. The predicted molar refractivity (Wildman–Crippen MR) is 83.4 cm³/mol. The molecule has 1 aromatic heterocycles. The van der Waals surface area contributed by atoms with Crippen molar-refractivity contribution in [2.75, 3.05) is 11.9 Å². The molecule has 0 aliphatic heterocycles. The van der Waals surface area contributed by atoms with Gasteiger partial charge in [0.05, 0.1) is 10.2 Å². The molecule has 5 heteroatoms. The van der Waals surface area contributed by atoms with Crippen LogP contribution >= 0.6 is 15.9 Å². The molecule has 2 rings (SSSR count). The molecule has 0 aliphatic carbocycles. The summed E-state index contributed by atoms with van der Waals surface area (Å²) in [5.74, 6) is 0.460. The highest BCUT2D eigenvalue weighted by molar-refractivity contribution is 9.10. The zero-order chi connectivity index (χ0) is 14.7. The topological polar surface area (TPSA) is 37.8 Å². The lowest BCUT2D eigenvalue weighted by Crippen LogP contribution is -2.08. The fourth-order valence-electron chi connectivity index (χ4n) is 1.96. The van der Waals surface area contributed by atoms with E-state index in [1.54, 1.807) is 18.2 Å². The standard InChI is InChI=1S/C15H17BrFN3/c1-4-8-18-15-10(3)9(2)14(19-20-15)11-6-5-7-12(16)13(11)17/h5-7H,4,8H2,1-3H3,(H,18,20).